The maximum atomic E-state index is 12.7. The zero-order chi connectivity index (χ0) is 18.2. The second-order valence-electron chi connectivity index (χ2n) is 6.15. The minimum Gasteiger partial charge on any atom is -0.341 e. The summed E-state index contributed by atoms with van der Waals surface area (Å²) in [7, 11) is 0. The molecule has 0 saturated carbocycles. The Bertz CT molecular complexity index is 757. The smallest absolute Gasteiger partial charge is 0.341 e. The summed E-state index contributed by atoms with van der Waals surface area (Å²) in [5.74, 6) is -0.0906. The van der Waals surface area contributed by atoms with E-state index in [4.69, 9.17) is 0 Å². The molecular weight excluding hydrogens is 351 g/mol. The molecule has 0 aliphatic carbocycles. The molecular formula is C17H18F3N3OS. The Balaban J connectivity index is 1.76. The summed E-state index contributed by atoms with van der Waals surface area (Å²) in [4.78, 5) is 17.0. The first-order chi connectivity index (χ1) is 11.7. The van der Waals surface area contributed by atoms with E-state index in [0.29, 0.717) is 6.42 Å². The fourth-order valence-electron chi connectivity index (χ4n) is 2.83. The summed E-state index contributed by atoms with van der Waals surface area (Å²) in [6.45, 7) is 3.80. The molecule has 0 radical (unpaired) electrons. The van der Waals surface area contributed by atoms with Crippen LogP contribution >= 0.6 is 11.3 Å². The lowest BCUT2D eigenvalue weighted by Gasteiger charge is -2.27. The maximum Gasteiger partial charge on any atom is 0.416 e. The molecule has 3 unspecified atom stereocenters. The highest BCUT2D eigenvalue weighted by atomic mass is 32.1. The Hall–Kier alpha value is -1.93. The number of amides is 1. The quantitative estimate of drug-likeness (QED) is 0.865. The first kappa shape index (κ1) is 17.9. The van der Waals surface area contributed by atoms with Crippen molar-refractivity contribution >= 4 is 17.2 Å². The molecule has 1 saturated heterocycles. The van der Waals surface area contributed by atoms with Crippen molar-refractivity contribution in [1.82, 2.24) is 15.6 Å². The predicted molar refractivity (Wildman–Crippen MR) is 89.2 cm³/mol. The number of hydrogen-bond donors (Lipinski definition) is 2. The minimum absolute atomic E-state index is 0.0243. The third-order valence-electron chi connectivity index (χ3n) is 4.22. The van der Waals surface area contributed by atoms with Crippen molar-refractivity contribution in [3.63, 3.8) is 0 Å². The van der Waals surface area contributed by atoms with Crippen molar-refractivity contribution in [2.75, 3.05) is 0 Å². The van der Waals surface area contributed by atoms with Crippen LogP contribution in [0.5, 0.6) is 0 Å². The van der Waals surface area contributed by atoms with Crippen LogP contribution < -0.4 is 10.6 Å². The van der Waals surface area contributed by atoms with E-state index < -0.39 is 11.7 Å². The molecule has 2 aromatic rings. The number of nitrogens with one attached hydrogen (secondary N) is 2. The van der Waals surface area contributed by atoms with Crippen LogP contribution in [-0.4, -0.2) is 17.1 Å². The number of thiazole rings is 1. The normalized spacial score (nSPS) is 22.5. The second kappa shape index (κ2) is 6.76. The number of halogens is 3. The van der Waals surface area contributed by atoms with Gasteiger partial charge in [0, 0.05) is 23.4 Å². The fourth-order valence-corrected chi connectivity index (χ4v) is 3.89. The van der Waals surface area contributed by atoms with E-state index in [9.17, 15) is 18.0 Å². The largest absolute Gasteiger partial charge is 0.416 e. The van der Waals surface area contributed by atoms with Crippen LogP contribution in [-0.2, 0) is 11.0 Å². The molecule has 4 nitrogen and oxygen atoms in total. The molecule has 0 spiro atoms. The molecule has 2 N–H and O–H groups in total. The van der Waals surface area contributed by atoms with E-state index in [-0.39, 0.29) is 24.0 Å². The Labute approximate surface area is 147 Å². The van der Waals surface area contributed by atoms with Crippen molar-refractivity contribution in [2.45, 2.75) is 44.6 Å². The summed E-state index contributed by atoms with van der Waals surface area (Å²) in [5.41, 5.74) is 0.144. The molecule has 134 valence electrons. The fraction of sp³-hybridized carbons (Fsp3) is 0.412. The van der Waals surface area contributed by atoms with E-state index in [1.165, 1.54) is 23.5 Å². The van der Waals surface area contributed by atoms with E-state index in [1.807, 2.05) is 13.8 Å². The van der Waals surface area contributed by atoms with Gasteiger partial charge in [0.2, 0.25) is 5.91 Å². The molecule has 0 bridgehead atoms. The van der Waals surface area contributed by atoms with E-state index in [1.54, 1.807) is 6.20 Å². The first-order valence-corrected chi connectivity index (χ1v) is 8.74. The molecule has 3 rings (SSSR count). The number of aromatic nitrogens is 1. The molecule has 25 heavy (non-hydrogen) atoms. The van der Waals surface area contributed by atoms with Gasteiger partial charge in [-0.15, -0.1) is 11.3 Å². The van der Waals surface area contributed by atoms with Crippen LogP contribution in [0.4, 0.5) is 13.2 Å². The van der Waals surface area contributed by atoms with Crippen LogP contribution in [0.2, 0.25) is 0 Å². The van der Waals surface area contributed by atoms with Crippen LogP contribution in [0.3, 0.4) is 0 Å². The molecule has 3 atom stereocenters. The standard InChI is InChI=1S/C17H18F3N3OS/c1-9(11-3-5-12(6-4-11)17(18,19)20)14-8-21-16(25-14)13-7-15(24)23-10(2)22-13/h3-6,8-10,13,22H,7H2,1-2H3,(H,23,24). The van der Waals surface area contributed by atoms with Crippen molar-refractivity contribution in [3.8, 4) is 0 Å². The highest BCUT2D eigenvalue weighted by molar-refractivity contribution is 7.11. The number of carbonyl (C=O) groups excluding carboxylic acids is 1. The van der Waals surface area contributed by atoms with Crippen LogP contribution in [0.15, 0.2) is 30.5 Å². The monoisotopic (exact) mass is 369 g/mol. The summed E-state index contributed by atoms with van der Waals surface area (Å²) >= 11 is 1.48. The molecule has 1 aliphatic rings. The second-order valence-corrected chi connectivity index (χ2v) is 7.25. The van der Waals surface area contributed by atoms with Gasteiger partial charge in [0.15, 0.2) is 0 Å². The molecule has 1 amide bonds. The van der Waals surface area contributed by atoms with E-state index in [2.05, 4.69) is 15.6 Å². The van der Waals surface area contributed by atoms with Crippen LogP contribution in [0, 0.1) is 0 Å². The van der Waals surface area contributed by atoms with Gasteiger partial charge in [-0.2, -0.15) is 13.2 Å². The molecule has 1 aromatic carbocycles. The molecule has 1 fully saturated rings. The van der Waals surface area contributed by atoms with Gasteiger partial charge in [-0.05, 0) is 24.6 Å². The zero-order valence-corrected chi connectivity index (χ0v) is 14.5. The highest BCUT2D eigenvalue weighted by Gasteiger charge is 2.30. The van der Waals surface area contributed by atoms with Crippen molar-refractivity contribution in [3.05, 3.63) is 51.5 Å². The first-order valence-electron chi connectivity index (χ1n) is 7.92. The van der Waals surface area contributed by atoms with Gasteiger partial charge in [0.25, 0.3) is 0 Å². The lowest BCUT2D eigenvalue weighted by Crippen LogP contribution is -2.50. The minimum atomic E-state index is -4.33. The van der Waals surface area contributed by atoms with Gasteiger partial charge in [0.1, 0.15) is 5.01 Å². The van der Waals surface area contributed by atoms with Crippen LogP contribution in [0.1, 0.15) is 53.2 Å². The third kappa shape index (κ3) is 4.01. The third-order valence-corrected chi connectivity index (χ3v) is 5.52. The van der Waals surface area contributed by atoms with E-state index >= 15 is 0 Å². The number of rotatable bonds is 3. The average molecular weight is 369 g/mol. The Kier molecular flexibility index (Phi) is 4.83. The summed E-state index contributed by atoms with van der Waals surface area (Å²) in [6.07, 6.45) is -2.39. The van der Waals surface area contributed by atoms with Gasteiger partial charge in [-0.1, -0.05) is 19.1 Å². The van der Waals surface area contributed by atoms with Crippen molar-refractivity contribution in [1.29, 1.82) is 0 Å². The zero-order valence-electron chi connectivity index (χ0n) is 13.7. The number of carbonyl (C=O) groups is 1. The number of alkyl halides is 3. The number of nitrogens with zero attached hydrogens (tertiary/aromatic N) is 1. The Morgan fingerprint density at radius 3 is 2.56 bits per heavy atom. The Morgan fingerprint density at radius 1 is 1.28 bits per heavy atom. The summed E-state index contributed by atoms with van der Waals surface area (Å²) in [6, 6.07) is 5.07. The van der Waals surface area contributed by atoms with Gasteiger partial charge >= 0.3 is 6.18 Å². The molecule has 1 aliphatic heterocycles. The predicted octanol–water partition coefficient (Wildman–Crippen LogP) is 3.81. The molecule has 2 heterocycles. The van der Waals surface area contributed by atoms with Gasteiger partial charge in [-0.3, -0.25) is 10.1 Å². The van der Waals surface area contributed by atoms with Gasteiger partial charge in [-0.25, -0.2) is 4.98 Å². The lowest BCUT2D eigenvalue weighted by molar-refractivity contribution is -0.137. The van der Waals surface area contributed by atoms with Gasteiger partial charge < -0.3 is 5.32 Å². The number of hydrogen-bond acceptors (Lipinski definition) is 4. The summed E-state index contributed by atoms with van der Waals surface area (Å²) < 4.78 is 38.0. The summed E-state index contributed by atoms with van der Waals surface area (Å²) in [5, 5.41) is 6.87. The van der Waals surface area contributed by atoms with Gasteiger partial charge in [0.05, 0.1) is 17.8 Å². The van der Waals surface area contributed by atoms with Crippen molar-refractivity contribution < 1.29 is 18.0 Å². The Morgan fingerprint density at radius 2 is 1.96 bits per heavy atom. The topological polar surface area (TPSA) is 54.0 Å². The maximum absolute atomic E-state index is 12.7. The average Bonchev–Trinajstić information content (AvgIpc) is 3.02. The van der Waals surface area contributed by atoms with Crippen LogP contribution in [0.25, 0.3) is 0 Å². The lowest BCUT2D eigenvalue weighted by atomic mass is 9.99. The highest BCUT2D eigenvalue weighted by Crippen LogP contribution is 2.34. The molecule has 8 heteroatoms. The molecule has 1 aromatic heterocycles. The van der Waals surface area contributed by atoms with Crippen molar-refractivity contribution in [2.24, 2.45) is 0 Å². The SMILES string of the molecule is CC1NC(=O)CC(c2ncc(C(C)c3ccc(C(F)(F)F)cc3)s2)N1. The van der Waals surface area contributed by atoms with E-state index in [0.717, 1.165) is 27.6 Å². The number of benzene rings is 1.